The van der Waals surface area contributed by atoms with Gasteiger partial charge < -0.3 is 18.9 Å². The van der Waals surface area contributed by atoms with Crippen LogP contribution in [0.3, 0.4) is 0 Å². The first-order chi connectivity index (χ1) is 36.3. The molecule has 8 nitrogen and oxygen atoms in total. The van der Waals surface area contributed by atoms with Crippen molar-refractivity contribution in [2.24, 2.45) is 92.2 Å². The second-order valence-corrected chi connectivity index (χ2v) is 30.7. The minimum atomic E-state index is -4.59. The number of halogens is 6. The van der Waals surface area contributed by atoms with E-state index in [1.807, 2.05) is 41.5 Å². The fourth-order valence-electron chi connectivity index (χ4n) is 17.9. The van der Waals surface area contributed by atoms with Gasteiger partial charge in [0.05, 0.1) is 11.3 Å². The van der Waals surface area contributed by atoms with E-state index in [2.05, 4.69) is 27.7 Å². The standard InChI is InChI=1S/C19H29F3O2.C18H30O2.C14H21F3O2.C14H24O2/c1-5-17(4,19(20,21)22)15(23)24-16(2,3)18-9-12-6-13(10-18)8-14(7-12)11-18;1-5-12(2)16(19)20-17(3,4)18-9-13-6-14(10-18)8-15(7-13)11-18;1-4-12(2,14(15,16)17)11(18)19-13(3)8-9-5-6-10(13)7-9;1-5-13(2,3)12(15)16-14(4)9-10-6-7-11(14)8-10/h12-14H,5-11H2,1-4H3;12-15H,5-11H2,1-4H3;9-10H,4-8H2,1-3H3;10-11H,5-9H2,1-4H3. The molecule has 0 saturated heterocycles. The Morgan fingerprint density at radius 3 is 1.05 bits per heavy atom. The van der Waals surface area contributed by atoms with Gasteiger partial charge >= 0.3 is 36.2 Å². The second kappa shape index (κ2) is 22.5. The van der Waals surface area contributed by atoms with Crippen LogP contribution in [0.4, 0.5) is 26.3 Å². The Balaban J connectivity index is 0.000000154. The molecule has 454 valence electrons. The number of rotatable bonds is 14. The fourth-order valence-corrected chi connectivity index (χ4v) is 17.9. The molecule has 9 unspecified atom stereocenters. The van der Waals surface area contributed by atoms with Gasteiger partial charge in [-0.05, 0) is 283 Å². The van der Waals surface area contributed by atoms with Gasteiger partial charge in [-0.1, -0.05) is 34.6 Å². The molecule has 12 saturated carbocycles. The predicted octanol–water partition coefficient (Wildman–Crippen LogP) is 17.7. The van der Waals surface area contributed by atoms with E-state index in [1.165, 1.54) is 90.9 Å². The molecule has 0 aromatic rings. The molecule has 0 aliphatic heterocycles. The highest BCUT2D eigenvalue weighted by atomic mass is 19.4. The third-order valence-corrected chi connectivity index (χ3v) is 24.2. The maximum absolute atomic E-state index is 13.4. The Morgan fingerprint density at radius 2 is 0.772 bits per heavy atom. The molecular weight excluding hydrogens is 1020 g/mol. The molecule has 0 N–H and O–H groups in total. The minimum Gasteiger partial charge on any atom is -0.459 e. The highest BCUT2D eigenvalue weighted by Crippen LogP contribution is 2.66. The van der Waals surface area contributed by atoms with Crippen molar-refractivity contribution >= 4 is 23.9 Å². The summed E-state index contributed by atoms with van der Waals surface area (Å²) in [5.41, 5.74) is -7.00. The molecule has 79 heavy (non-hydrogen) atoms. The van der Waals surface area contributed by atoms with Crippen LogP contribution in [0.15, 0.2) is 0 Å². The van der Waals surface area contributed by atoms with Crippen LogP contribution < -0.4 is 0 Å². The van der Waals surface area contributed by atoms with E-state index < -0.39 is 46.3 Å². The molecule has 0 radical (unpaired) electrons. The number of hydrogen-bond acceptors (Lipinski definition) is 8. The van der Waals surface area contributed by atoms with Crippen molar-refractivity contribution in [1.82, 2.24) is 0 Å². The normalized spacial score (nSPS) is 38.4. The van der Waals surface area contributed by atoms with Gasteiger partial charge in [0.15, 0.2) is 10.8 Å². The minimum absolute atomic E-state index is 0.00763. The lowest BCUT2D eigenvalue weighted by Crippen LogP contribution is -2.58. The molecule has 0 aromatic heterocycles. The molecule has 0 heterocycles. The zero-order chi connectivity index (χ0) is 59.0. The lowest BCUT2D eigenvalue weighted by molar-refractivity contribution is -0.249. The largest absolute Gasteiger partial charge is 0.459 e. The van der Waals surface area contributed by atoms with Crippen LogP contribution in [0.1, 0.15) is 258 Å². The van der Waals surface area contributed by atoms with Crippen molar-refractivity contribution in [3.8, 4) is 0 Å². The van der Waals surface area contributed by atoms with E-state index in [4.69, 9.17) is 18.9 Å². The van der Waals surface area contributed by atoms with Crippen LogP contribution >= 0.6 is 0 Å². The number of carbonyl (C=O) groups excluding carboxylic acids is 4. The average Bonchev–Trinajstić information content (AvgIpc) is 4.32. The molecule has 12 aliphatic carbocycles. The number of ether oxygens (including phenoxy) is 4. The van der Waals surface area contributed by atoms with Crippen molar-refractivity contribution in [3.63, 3.8) is 0 Å². The Hall–Kier alpha value is -2.54. The third-order valence-electron chi connectivity index (χ3n) is 24.2. The third kappa shape index (κ3) is 12.5. The summed E-state index contributed by atoms with van der Waals surface area (Å²) in [6.07, 6.45) is 15.6. The zero-order valence-corrected chi connectivity index (χ0v) is 51.4. The second-order valence-electron chi connectivity index (χ2n) is 30.7. The van der Waals surface area contributed by atoms with Gasteiger partial charge in [-0.25, -0.2) is 0 Å². The molecule has 0 aromatic carbocycles. The van der Waals surface area contributed by atoms with Crippen LogP contribution in [0.5, 0.6) is 0 Å². The molecule has 0 amide bonds. The van der Waals surface area contributed by atoms with E-state index in [0.717, 1.165) is 95.3 Å². The highest BCUT2D eigenvalue weighted by molar-refractivity contribution is 5.78. The lowest BCUT2D eigenvalue weighted by atomic mass is 9.46. The molecule has 14 heteroatoms. The van der Waals surface area contributed by atoms with Gasteiger partial charge in [-0.3, -0.25) is 19.2 Å². The van der Waals surface area contributed by atoms with Crippen molar-refractivity contribution in [3.05, 3.63) is 0 Å². The average molecular weight is 1130 g/mol. The summed E-state index contributed by atoms with van der Waals surface area (Å²) >= 11 is 0. The van der Waals surface area contributed by atoms with Crippen LogP contribution in [0.2, 0.25) is 0 Å². The molecule has 9 atom stereocenters. The van der Waals surface area contributed by atoms with Crippen molar-refractivity contribution < 1.29 is 64.5 Å². The monoisotopic (exact) mass is 1130 g/mol. The first-order valence-electron chi connectivity index (χ1n) is 31.3. The van der Waals surface area contributed by atoms with Crippen molar-refractivity contribution in [2.45, 2.75) is 293 Å². The molecular formula is C65H104F6O8. The quantitative estimate of drug-likeness (QED) is 0.0962. The number of alkyl halides is 6. The topological polar surface area (TPSA) is 105 Å². The van der Waals surface area contributed by atoms with Gasteiger partial charge in [0, 0.05) is 10.8 Å². The smallest absolute Gasteiger partial charge is 0.404 e. The lowest BCUT2D eigenvalue weighted by Gasteiger charge is -2.61. The van der Waals surface area contributed by atoms with Gasteiger partial charge in [0.1, 0.15) is 22.4 Å². The number of hydrogen-bond donors (Lipinski definition) is 0. The van der Waals surface area contributed by atoms with E-state index in [1.54, 1.807) is 6.92 Å². The molecule has 12 fully saturated rings. The van der Waals surface area contributed by atoms with Crippen LogP contribution in [-0.4, -0.2) is 58.6 Å². The Kier molecular flexibility index (Phi) is 18.2. The summed E-state index contributed by atoms with van der Waals surface area (Å²) in [6.45, 7) is 26.7. The summed E-state index contributed by atoms with van der Waals surface area (Å²) < 4.78 is 102. The van der Waals surface area contributed by atoms with Crippen LogP contribution in [0, 0.1) is 92.2 Å². The predicted molar refractivity (Wildman–Crippen MR) is 294 cm³/mol. The van der Waals surface area contributed by atoms with E-state index in [9.17, 15) is 45.5 Å². The van der Waals surface area contributed by atoms with E-state index in [-0.39, 0.29) is 64.1 Å². The summed E-state index contributed by atoms with van der Waals surface area (Å²) in [4.78, 5) is 48.9. The summed E-state index contributed by atoms with van der Waals surface area (Å²) in [6, 6.07) is 0. The van der Waals surface area contributed by atoms with E-state index >= 15 is 0 Å². The molecule has 0 spiro atoms. The summed E-state index contributed by atoms with van der Waals surface area (Å²) in [5, 5.41) is 0. The Labute approximate surface area is 471 Å². The van der Waals surface area contributed by atoms with Gasteiger partial charge in [-0.15, -0.1) is 0 Å². The maximum atomic E-state index is 13.4. The van der Waals surface area contributed by atoms with Crippen molar-refractivity contribution in [1.29, 1.82) is 0 Å². The summed E-state index contributed by atoms with van der Waals surface area (Å²) in [5.74, 6) is 4.68. The van der Waals surface area contributed by atoms with Gasteiger partial charge in [0.2, 0.25) is 0 Å². The van der Waals surface area contributed by atoms with Crippen molar-refractivity contribution in [2.75, 3.05) is 0 Å². The van der Waals surface area contributed by atoms with Gasteiger partial charge in [0.25, 0.3) is 0 Å². The number of fused-ring (bicyclic) bond motifs is 4. The molecule has 12 bridgehead atoms. The molecule has 12 rings (SSSR count). The first-order valence-corrected chi connectivity index (χ1v) is 31.3. The Bertz CT molecular complexity index is 2130. The van der Waals surface area contributed by atoms with E-state index in [0.29, 0.717) is 36.0 Å². The highest BCUT2D eigenvalue weighted by Gasteiger charge is 2.64. The fraction of sp³-hybridized carbons (Fsp3) is 0.938. The van der Waals surface area contributed by atoms with Gasteiger partial charge in [-0.2, -0.15) is 26.3 Å². The zero-order valence-electron chi connectivity index (χ0n) is 51.4. The molecule has 12 aliphatic rings. The number of carbonyl (C=O) groups is 4. The van der Waals surface area contributed by atoms with Crippen LogP contribution in [0.25, 0.3) is 0 Å². The van der Waals surface area contributed by atoms with Crippen LogP contribution in [-0.2, 0) is 38.1 Å². The number of esters is 4. The SMILES string of the molecule is CCC(C)(C(=O)OC(C)(C)C12CC3CC(CC(C3)C1)C2)C(F)(F)F.CCC(C)(C(=O)OC1(C)CC2CCC1C2)C(F)(F)F.CCC(C)(C)C(=O)OC1(C)CC2CCC1C2.CCC(C)C(=O)OC(C)(C)C12CC3CC(CC(C3)C1)C2. The first kappa shape index (κ1) is 64.0. The maximum Gasteiger partial charge on any atom is 0.404 e. The summed E-state index contributed by atoms with van der Waals surface area (Å²) in [7, 11) is 0. The Morgan fingerprint density at radius 1 is 0.443 bits per heavy atom.